The van der Waals surface area contributed by atoms with Crippen LogP contribution < -0.4 is 5.73 Å². The summed E-state index contributed by atoms with van der Waals surface area (Å²) >= 11 is 0. The standard InChI is InChI=1S/C12H19NO2.ClH/c13-6-10-9-2-7-1-8(3-9)5-12(10,4-7)11(14)15;/h7-10H,1-6,13H2,(H,14,15);1H. The lowest BCUT2D eigenvalue weighted by atomic mass is 9.45. The van der Waals surface area contributed by atoms with Crippen LogP contribution in [0.1, 0.15) is 32.1 Å². The average Bonchev–Trinajstić information content (AvgIpc) is 2.16. The van der Waals surface area contributed by atoms with Crippen molar-refractivity contribution in [1.29, 1.82) is 0 Å². The van der Waals surface area contributed by atoms with Gasteiger partial charge in [-0.05, 0) is 62.3 Å². The van der Waals surface area contributed by atoms with Crippen LogP contribution in [0.4, 0.5) is 0 Å². The molecule has 4 saturated carbocycles. The van der Waals surface area contributed by atoms with Crippen molar-refractivity contribution in [3.05, 3.63) is 0 Å². The highest BCUT2D eigenvalue weighted by atomic mass is 35.5. The first kappa shape index (κ1) is 12.2. The molecule has 0 amide bonds. The van der Waals surface area contributed by atoms with Crippen LogP contribution in [0.3, 0.4) is 0 Å². The normalized spacial score (nSPS) is 48.8. The third-order valence-corrected chi connectivity index (χ3v) is 5.20. The first-order chi connectivity index (χ1) is 7.15. The van der Waals surface area contributed by atoms with Crippen molar-refractivity contribution in [1.82, 2.24) is 0 Å². The largest absolute Gasteiger partial charge is 0.481 e. The lowest BCUT2D eigenvalue weighted by molar-refractivity contribution is -0.176. The number of halogens is 1. The number of carbonyl (C=O) groups is 1. The van der Waals surface area contributed by atoms with E-state index in [9.17, 15) is 9.90 Å². The second kappa shape index (κ2) is 3.88. The quantitative estimate of drug-likeness (QED) is 0.781. The van der Waals surface area contributed by atoms with Gasteiger partial charge in [0.2, 0.25) is 0 Å². The van der Waals surface area contributed by atoms with Gasteiger partial charge in [-0.1, -0.05) is 0 Å². The van der Waals surface area contributed by atoms with Gasteiger partial charge < -0.3 is 10.8 Å². The lowest BCUT2D eigenvalue weighted by Crippen LogP contribution is -2.58. The van der Waals surface area contributed by atoms with Gasteiger partial charge in [0.05, 0.1) is 5.41 Å². The summed E-state index contributed by atoms with van der Waals surface area (Å²) < 4.78 is 0. The molecule has 0 spiro atoms. The molecule has 4 heteroatoms. The number of aliphatic carboxylic acids is 1. The fraction of sp³-hybridized carbons (Fsp3) is 0.917. The van der Waals surface area contributed by atoms with E-state index in [1.54, 1.807) is 0 Å². The van der Waals surface area contributed by atoms with Gasteiger partial charge in [-0.25, -0.2) is 0 Å². The zero-order valence-electron chi connectivity index (χ0n) is 9.39. The van der Waals surface area contributed by atoms with Crippen molar-refractivity contribution in [2.24, 2.45) is 34.8 Å². The molecule has 3 atom stereocenters. The van der Waals surface area contributed by atoms with E-state index in [0.717, 1.165) is 12.8 Å². The van der Waals surface area contributed by atoms with Crippen LogP contribution in [-0.4, -0.2) is 17.6 Å². The molecule has 3 nitrogen and oxygen atoms in total. The maximum atomic E-state index is 11.6. The highest BCUT2D eigenvalue weighted by molar-refractivity contribution is 5.85. The molecule has 4 aliphatic rings. The fourth-order valence-electron chi connectivity index (χ4n) is 4.90. The van der Waals surface area contributed by atoms with E-state index in [-0.39, 0.29) is 18.3 Å². The van der Waals surface area contributed by atoms with E-state index in [4.69, 9.17) is 5.73 Å². The Hall–Kier alpha value is -0.280. The van der Waals surface area contributed by atoms with E-state index in [2.05, 4.69) is 0 Å². The molecule has 0 aromatic carbocycles. The SMILES string of the molecule is Cl.NCC1C2CC3CC(C2)CC1(C(=O)O)C3. The Balaban J connectivity index is 0.000000963. The maximum absolute atomic E-state index is 11.6. The summed E-state index contributed by atoms with van der Waals surface area (Å²) in [5.74, 6) is 1.65. The molecular formula is C12H20ClNO2. The summed E-state index contributed by atoms with van der Waals surface area (Å²) in [5, 5.41) is 9.52. The molecule has 0 heterocycles. The lowest BCUT2D eigenvalue weighted by Gasteiger charge is -2.59. The summed E-state index contributed by atoms with van der Waals surface area (Å²) in [6.45, 7) is 0.566. The Bertz CT molecular complexity index is 293. The summed E-state index contributed by atoms with van der Waals surface area (Å²) in [6.07, 6.45) is 5.57. The van der Waals surface area contributed by atoms with Crippen LogP contribution in [0.25, 0.3) is 0 Å². The molecule has 4 rings (SSSR count). The van der Waals surface area contributed by atoms with E-state index >= 15 is 0 Å². The minimum atomic E-state index is -0.572. The van der Waals surface area contributed by atoms with E-state index in [1.807, 2.05) is 0 Å². The second-order valence-electron chi connectivity index (χ2n) is 5.91. The molecule has 3 unspecified atom stereocenters. The number of nitrogens with two attached hydrogens (primary N) is 1. The van der Waals surface area contributed by atoms with Crippen molar-refractivity contribution in [2.45, 2.75) is 32.1 Å². The Morgan fingerprint density at radius 3 is 2.25 bits per heavy atom. The number of carboxylic acids is 1. The minimum Gasteiger partial charge on any atom is -0.481 e. The third-order valence-electron chi connectivity index (χ3n) is 5.20. The van der Waals surface area contributed by atoms with Gasteiger partial charge in [0.25, 0.3) is 0 Å². The zero-order chi connectivity index (χ0) is 10.6. The number of hydrogen-bond donors (Lipinski definition) is 2. The maximum Gasteiger partial charge on any atom is 0.309 e. The second-order valence-corrected chi connectivity index (χ2v) is 5.91. The first-order valence-electron chi connectivity index (χ1n) is 6.09. The highest BCUT2D eigenvalue weighted by Crippen LogP contribution is 2.62. The predicted molar refractivity (Wildman–Crippen MR) is 63.4 cm³/mol. The van der Waals surface area contributed by atoms with Gasteiger partial charge in [0, 0.05) is 0 Å². The molecule has 4 fully saturated rings. The molecule has 4 bridgehead atoms. The topological polar surface area (TPSA) is 63.3 Å². The van der Waals surface area contributed by atoms with Crippen molar-refractivity contribution in [3.63, 3.8) is 0 Å². The summed E-state index contributed by atoms with van der Waals surface area (Å²) in [7, 11) is 0. The molecule has 92 valence electrons. The number of carboxylic acid groups (broad SMARTS) is 1. The Kier molecular flexibility index (Phi) is 2.96. The van der Waals surface area contributed by atoms with Crippen LogP contribution in [0.2, 0.25) is 0 Å². The number of rotatable bonds is 2. The van der Waals surface area contributed by atoms with Crippen LogP contribution in [-0.2, 0) is 4.79 Å². The average molecular weight is 246 g/mol. The minimum absolute atomic E-state index is 0. The van der Waals surface area contributed by atoms with Gasteiger partial charge >= 0.3 is 5.97 Å². The molecule has 4 aliphatic carbocycles. The van der Waals surface area contributed by atoms with Crippen molar-refractivity contribution < 1.29 is 9.90 Å². The summed E-state index contributed by atoms with van der Waals surface area (Å²) in [5.41, 5.74) is 5.37. The molecule has 0 aliphatic heterocycles. The monoisotopic (exact) mass is 245 g/mol. The van der Waals surface area contributed by atoms with Crippen molar-refractivity contribution in [3.8, 4) is 0 Å². The third kappa shape index (κ3) is 1.41. The van der Waals surface area contributed by atoms with Crippen LogP contribution >= 0.6 is 12.4 Å². The van der Waals surface area contributed by atoms with Gasteiger partial charge in [0.1, 0.15) is 0 Å². The van der Waals surface area contributed by atoms with Crippen molar-refractivity contribution >= 4 is 18.4 Å². The van der Waals surface area contributed by atoms with Crippen LogP contribution in [0, 0.1) is 29.1 Å². The zero-order valence-corrected chi connectivity index (χ0v) is 10.2. The smallest absolute Gasteiger partial charge is 0.309 e. The van der Waals surface area contributed by atoms with Crippen molar-refractivity contribution in [2.75, 3.05) is 6.54 Å². The Morgan fingerprint density at radius 1 is 1.25 bits per heavy atom. The van der Waals surface area contributed by atoms with Crippen LogP contribution in [0.15, 0.2) is 0 Å². The molecule has 3 N–H and O–H groups in total. The van der Waals surface area contributed by atoms with Gasteiger partial charge in [-0.15, -0.1) is 12.4 Å². The predicted octanol–water partition coefficient (Wildman–Crippen LogP) is 1.89. The molecule has 0 saturated heterocycles. The van der Waals surface area contributed by atoms with Gasteiger partial charge in [0.15, 0.2) is 0 Å². The van der Waals surface area contributed by atoms with E-state index in [1.165, 1.54) is 19.3 Å². The van der Waals surface area contributed by atoms with E-state index in [0.29, 0.717) is 24.3 Å². The van der Waals surface area contributed by atoms with Gasteiger partial charge in [-0.3, -0.25) is 4.79 Å². The first-order valence-corrected chi connectivity index (χ1v) is 6.09. The molecule has 0 radical (unpaired) electrons. The molecular weight excluding hydrogens is 226 g/mol. The fourth-order valence-corrected chi connectivity index (χ4v) is 4.90. The number of hydrogen-bond acceptors (Lipinski definition) is 2. The van der Waals surface area contributed by atoms with Gasteiger partial charge in [-0.2, -0.15) is 0 Å². The highest BCUT2D eigenvalue weighted by Gasteiger charge is 2.60. The summed E-state index contributed by atoms with van der Waals surface area (Å²) in [6, 6.07) is 0. The molecule has 0 aromatic heterocycles. The van der Waals surface area contributed by atoms with E-state index < -0.39 is 11.4 Å². The van der Waals surface area contributed by atoms with Crippen LogP contribution in [0.5, 0.6) is 0 Å². The summed E-state index contributed by atoms with van der Waals surface area (Å²) in [4.78, 5) is 11.6. The molecule has 0 aromatic rings. The Morgan fingerprint density at radius 2 is 1.81 bits per heavy atom. The Labute approximate surface area is 102 Å². The molecule has 16 heavy (non-hydrogen) atoms.